The van der Waals surface area contributed by atoms with Gasteiger partial charge in [-0.1, -0.05) is 42.3 Å². The molecule has 0 radical (unpaired) electrons. The zero-order valence-electron chi connectivity index (χ0n) is 17.0. The minimum Gasteiger partial charge on any atom is -0.493 e. The molecule has 158 valence electrons. The normalized spacial score (nSPS) is 11.8. The van der Waals surface area contributed by atoms with Crippen molar-refractivity contribution in [2.75, 3.05) is 13.7 Å². The number of imidazole rings is 1. The van der Waals surface area contributed by atoms with E-state index in [1.54, 1.807) is 30.5 Å². The summed E-state index contributed by atoms with van der Waals surface area (Å²) < 4.78 is 12.9. The fourth-order valence-corrected chi connectivity index (χ4v) is 3.41. The maximum absolute atomic E-state index is 13.1. The highest BCUT2D eigenvalue weighted by Crippen LogP contribution is 2.36. The molecule has 6 nitrogen and oxygen atoms in total. The van der Waals surface area contributed by atoms with Crippen LogP contribution in [0.4, 0.5) is 0 Å². The zero-order valence-corrected chi connectivity index (χ0v) is 18.5. The third kappa shape index (κ3) is 4.89. The number of carbonyl (C=O) groups is 1. The number of halogens is 2. The Morgan fingerprint density at radius 3 is 2.57 bits per heavy atom. The van der Waals surface area contributed by atoms with Crippen molar-refractivity contribution in [2.45, 2.75) is 19.4 Å². The fraction of sp³-hybridized carbons (Fsp3) is 0.273. The number of methoxy groups -OCH3 is 1. The highest BCUT2D eigenvalue weighted by atomic mass is 35.5. The standard InChI is InChI=1S/C22H23Cl2N3O3/c1-4-11-30-20-17(24)12-15(13-18(20)29-3)22(28)26-19(21-25-9-10-27(21)2)14-5-7-16(23)8-6-14/h5-10,12-13,19H,4,11H2,1-3H3,(H,26,28). The van der Waals surface area contributed by atoms with Crippen LogP contribution in [-0.2, 0) is 7.05 Å². The fourth-order valence-electron chi connectivity index (χ4n) is 3.02. The molecule has 1 atom stereocenters. The van der Waals surface area contributed by atoms with Crippen LogP contribution in [0.15, 0.2) is 48.8 Å². The van der Waals surface area contributed by atoms with Crippen molar-refractivity contribution in [3.8, 4) is 11.5 Å². The van der Waals surface area contributed by atoms with Gasteiger partial charge < -0.3 is 19.4 Å². The van der Waals surface area contributed by atoms with Gasteiger partial charge in [-0.2, -0.15) is 0 Å². The summed E-state index contributed by atoms with van der Waals surface area (Å²) >= 11 is 12.4. The van der Waals surface area contributed by atoms with E-state index in [1.165, 1.54) is 7.11 Å². The van der Waals surface area contributed by atoms with Gasteiger partial charge in [0, 0.05) is 30.0 Å². The topological polar surface area (TPSA) is 65.4 Å². The van der Waals surface area contributed by atoms with Gasteiger partial charge in [-0.15, -0.1) is 0 Å². The lowest BCUT2D eigenvalue weighted by atomic mass is 10.1. The van der Waals surface area contributed by atoms with E-state index in [0.717, 1.165) is 12.0 Å². The van der Waals surface area contributed by atoms with E-state index in [1.807, 2.05) is 36.9 Å². The number of aryl methyl sites for hydroxylation is 1. The second-order valence-electron chi connectivity index (χ2n) is 6.69. The molecule has 1 amide bonds. The quantitative estimate of drug-likeness (QED) is 0.524. The molecule has 2 aromatic carbocycles. The first-order chi connectivity index (χ1) is 14.4. The number of nitrogens with one attached hydrogen (secondary N) is 1. The van der Waals surface area contributed by atoms with Crippen LogP contribution in [0.1, 0.15) is 41.1 Å². The van der Waals surface area contributed by atoms with Gasteiger partial charge >= 0.3 is 0 Å². The number of carbonyl (C=O) groups excluding carboxylic acids is 1. The van der Waals surface area contributed by atoms with E-state index < -0.39 is 6.04 Å². The van der Waals surface area contributed by atoms with Crippen LogP contribution in [0, 0.1) is 0 Å². The van der Waals surface area contributed by atoms with Gasteiger partial charge in [0.15, 0.2) is 11.5 Å². The SMILES string of the molecule is CCCOc1c(Cl)cc(C(=O)NC(c2ccc(Cl)cc2)c2nccn2C)cc1OC. The van der Waals surface area contributed by atoms with Crippen LogP contribution >= 0.6 is 23.2 Å². The summed E-state index contributed by atoms with van der Waals surface area (Å²) in [5, 5.41) is 3.96. The average molecular weight is 448 g/mol. The largest absolute Gasteiger partial charge is 0.493 e. The van der Waals surface area contributed by atoms with E-state index in [2.05, 4.69) is 10.3 Å². The highest BCUT2D eigenvalue weighted by molar-refractivity contribution is 6.32. The van der Waals surface area contributed by atoms with Gasteiger partial charge in [0.05, 0.1) is 18.7 Å². The molecule has 3 rings (SSSR count). The molecule has 1 heterocycles. The Hall–Kier alpha value is -2.70. The molecule has 0 bridgehead atoms. The molecule has 1 unspecified atom stereocenters. The molecule has 0 aliphatic carbocycles. The molecule has 8 heteroatoms. The molecule has 0 saturated heterocycles. The number of ether oxygens (including phenoxy) is 2. The van der Waals surface area contributed by atoms with Crippen molar-refractivity contribution in [3.05, 3.63) is 75.8 Å². The summed E-state index contributed by atoms with van der Waals surface area (Å²) in [5.41, 5.74) is 1.21. The Labute approximate surface area is 185 Å². The molecule has 0 aliphatic rings. The van der Waals surface area contributed by atoms with E-state index in [-0.39, 0.29) is 5.91 Å². The van der Waals surface area contributed by atoms with Gasteiger partial charge in [0.25, 0.3) is 5.91 Å². The molecule has 0 fully saturated rings. The van der Waals surface area contributed by atoms with E-state index in [0.29, 0.717) is 39.5 Å². The molecule has 0 aliphatic heterocycles. The third-order valence-corrected chi connectivity index (χ3v) is 5.07. The number of benzene rings is 2. The van der Waals surface area contributed by atoms with Gasteiger partial charge in [-0.3, -0.25) is 4.79 Å². The van der Waals surface area contributed by atoms with Crippen molar-refractivity contribution in [3.63, 3.8) is 0 Å². The van der Waals surface area contributed by atoms with Crippen molar-refractivity contribution in [1.29, 1.82) is 0 Å². The lowest BCUT2D eigenvalue weighted by Gasteiger charge is -2.20. The van der Waals surface area contributed by atoms with Crippen molar-refractivity contribution < 1.29 is 14.3 Å². The van der Waals surface area contributed by atoms with Crippen molar-refractivity contribution >= 4 is 29.1 Å². The Morgan fingerprint density at radius 1 is 1.23 bits per heavy atom. The highest BCUT2D eigenvalue weighted by Gasteiger charge is 2.23. The maximum atomic E-state index is 13.1. The predicted octanol–water partition coefficient (Wildman–Crippen LogP) is 5.04. The van der Waals surface area contributed by atoms with Crippen LogP contribution < -0.4 is 14.8 Å². The van der Waals surface area contributed by atoms with Crippen LogP contribution in [0.2, 0.25) is 10.0 Å². The number of aromatic nitrogens is 2. The molecule has 0 saturated carbocycles. The molecule has 30 heavy (non-hydrogen) atoms. The van der Waals surface area contributed by atoms with Crippen LogP contribution in [0.3, 0.4) is 0 Å². The van der Waals surface area contributed by atoms with Crippen LogP contribution in [-0.4, -0.2) is 29.2 Å². The molecule has 1 aromatic heterocycles. The number of rotatable bonds is 8. The summed E-state index contributed by atoms with van der Waals surface area (Å²) in [6.45, 7) is 2.50. The second-order valence-corrected chi connectivity index (χ2v) is 7.54. The van der Waals surface area contributed by atoms with E-state index in [4.69, 9.17) is 32.7 Å². The molecule has 0 spiro atoms. The minimum absolute atomic E-state index is 0.313. The van der Waals surface area contributed by atoms with Crippen LogP contribution in [0.25, 0.3) is 0 Å². The summed E-state index contributed by atoms with van der Waals surface area (Å²) in [6, 6.07) is 9.98. The first-order valence-electron chi connectivity index (χ1n) is 9.48. The maximum Gasteiger partial charge on any atom is 0.252 e. The lowest BCUT2D eigenvalue weighted by molar-refractivity contribution is 0.0940. The van der Waals surface area contributed by atoms with E-state index in [9.17, 15) is 4.79 Å². The molecule has 3 aromatic rings. The summed E-state index contributed by atoms with van der Waals surface area (Å²) in [6.07, 6.45) is 4.34. The average Bonchev–Trinajstić information content (AvgIpc) is 3.16. The zero-order chi connectivity index (χ0) is 21.7. The number of hydrogen-bond acceptors (Lipinski definition) is 4. The van der Waals surface area contributed by atoms with Gasteiger partial charge in [-0.05, 0) is 36.2 Å². The van der Waals surface area contributed by atoms with E-state index >= 15 is 0 Å². The Bertz CT molecular complexity index is 1020. The van der Waals surface area contributed by atoms with Crippen LogP contribution in [0.5, 0.6) is 11.5 Å². The van der Waals surface area contributed by atoms with Crippen molar-refractivity contribution in [2.24, 2.45) is 7.05 Å². The first kappa shape index (κ1) is 22.0. The number of hydrogen-bond donors (Lipinski definition) is 1. The minimum atomic E-state index is -0.476. The summed E-state index contributed by atoms with van der Waals surface area (Å²) in [7, 11) is 3.38. The molecular formula is C22H23Cl2N3O3. The molecular weight excluding hydrogens is 425 g/mol. The Balaban J connectivity index is 1.93. The summed E-state index contributed by atoms with van der Waals surface area (Å²) in [5.74, 6) is 1.20. The van der Waals surface area contributed by atoms with Gasteiger partial charge in [0.1, 0.15) is 11.9 Å². The second kappa shape index (κ2) is 9.87. The third-order valence-electron chi connectivity index (χ3n) is 4.54. The number of nitrogens with zero attached hydrogens (tertiary/aromatic N) is 2. The monoisotopic (exact) mass is 447 g/mol. The van der Waals surface area contributed by atoms with Gasteiger partial charge in [0.2, 0.25) is 0 Å². The Kier molecular flexibility index (Phi) is 7.24. The Morgan fingerprint density at radius 2 is 1.97 bits per heavy atom. The lowest BCUT2D eigenvalue weighted by Crippen LogP contribution is -2.31. The van der Waals surface area contributed by atoms with Crippen molar-refractivity contribution in [1.82, 2.24) is 14.9 Å². The predicted molar refractivity (Wildman–Crippen MR) is 118 cm³/mol. The number of amides is 1. The smallest absolute Gasteiger partial charge is 0.252 e. The summed E-state index contributed by atoms with van der Waals surface area (Å²) in [4.78, 5) is 17.5. The molecule has 1 N–H and O–H groups in total. The van der Waals surface area contributed by atoms with Gasteiger partial charge in [-0.25, -0.2) is 4.98 Å². The first-order valence-corrected chi connectivity index (χ1v) is 10.2.